The molecule has 1 aromatic carbocycles. The Labute approximate surface area is 124 Å². The lowest BCUT2D eigenvalue weighted by atomic mass is 9.85. The van der Waals surface area contributed by atoms with Crippen molar-refractivity contribution >= 4 is 23.2 Å². The van der Waals surface area contributed by atoms with Crippen LogP contribution in [0.3, 0.4) is 0 Å². The summed E-state index contributed by atoms with van der Waals surface area (Å²) >= 11 is 12.1. The first kappa shape index (κ1) is 14.9. The first-order valence-electron chi connectivity index (χ1n) is 6.54. The van der Waals surface area contributed by atoms with Crippen LogP contribution in [0.4, 0.5) is 0 Å². The number of ether oxygens (including phenoxy) is 2. The van der Waals surface area contributed by atoms with Crippen molar-refractivity contribution in [3.63, 3.8) is 0 Å². The van der Waals surface area contributed by atoms with E-state index in [1.807, 2.05) is 12.1 Å². The van der Waals surface area contributed by atoms with Crippen LogP contribution in [0.25, 0.3) is 0 Å². The quantitative estimate of drug-likeness (QED) is 0.872. The number of rotatable bonds is 6. The van der Waals surface area contributed by atoms with E-state index >= 15 is 0 Å². The molecule has 19 heavy (non-hydrogen) atoms. The van der Waals surface area contributed by atoms with Gasteiger partial charge in [-0.2, -0.15) is 0 Å². The Morgan fingerprint density at radius 3 is 2.84 bits per heavy atom. The van der Waals surface area contributed by atoms with Gasteiger partial charge in [-0.15, -0.1) is 0 Å². The van der Waals surface area contributed by atoms with E-state index in [0.717, 1.165) is 19.4 Å². The predicted molar refractivity (Wildman–Crippen MR) is 78.4 cm³/mol. The van der Waals surface area contributed by atoms with Gasteiger partial charge in [-0.3, -0.25) is 0 Å². The molecule has 5 heteroatoms. The fraction of sp³-hybridized carbons (Fsp3) is 0.571. The Bertz CT molecular complexity index is 428. The van der Waals surface area contributed by atoms with Crippen molar-refractivity contribution in [2.75, 3.05) is 13.7 Å². The maximum atomic E-state index is 6.12. The van der Waals surface area contributed by atoms with Crippen LogP contribution in [0.15, 0.2) is 18.2 Å². The summed E-state index contributed by atoms with van der Waals surface area (Å²) < 4.78 is 11.4. The molecule has 1 aromatic rings. The zero-order valence-corrected chi connectivity index (χ0v) is 12.7. The summed E-state index contributed by atoms with van der Waals surface area (Å²) in [7, 11) is 1.71. The molecule has 0 amide bonds. The normalized spacial score (nSPS) is 26.0. The second-order valence-corrected chi connectivity index (χ2v) is 5.49. The summed E-state index contributed by atoms with van der Waals surface area (Å²) in [5, 5.41) is 4.42. The third kappa shape index (κ3) is 3.34. The highest BCUT2D eigenvalue weighted by Crippen LogP contribution is 2.35. The van der Waals surface area contributed by atoms with Gasteiger partial charge in [0, 0.05) is 19.6 Å². The summed E-state index contributed by atoms with van der Waals surface area (Å²) in [6.07, 6.45) is 2.11. The van der Waals surface area contributed by atoms with Crippen molar-refractivity contribution in [3.8, 4) is 5.75 Å². The minimum atomic E-state index is 0.0234. The fourth-order valence-electron chi connectivity index (χ4n) is 2.28. The maximum absolute atomic E-state index is 6.12. The van der Waals surface area contributed by atoms with E-state index in [9.17, 15) is 0 Å². The number of nitrogens with one attached hydrogen (secondary N) is 1. The summed E-state index contributed by atoms with van der Waals surface area (Å²) in [4.78, 5) is 0. The van der Waals surface area contributed by atoms with Gasteiger partial charge in [-0.05, 0) is 25.1 Å². The van der Waals surface area contributed by atoms with E-state index in [-0.39, 0.29) is 12.2 Å². The third-order valence-corrected chi connectivity index (χ3v) is 4.17. The standard InChI is InChI=1S/C14H19Cl2NO2/c1-3-7-17-10-8-12(14(10)18-2)19-11-6-4-5-9(15)13(11)16/h4-6,10,12,14,17H,3,7-8H2,1-2H3. The van der Waals surface area contributed by atoms with Gasteiger partial charge in [-0.25, -0.2) is 0 Å². The van der Waals surface area contributed by atoms with Crippen molar-refractivity contribution in [2.24, 2.45) is 0 Å². The Morgan fingerprint density at radius 2 is 2.16 bits per heavy atom. The van der Waals surface area contributed by atoms with Crippen molar-refractivity contribution in [1.82, 2.24) is 5.32 Å². The Morgan fingerprint density at radius 1 is 1.37 bits per heavy atom. The molecule has 0 heterocycles. The van der Waals surface area contributed by atoms with Crippen molar-refractivity contribution in [2.45, 2.75) is 38.0 Å². The second kappa shape index (κ2) is 6.80. The van der Waals surface area contributed by atoms with E-state index in [1.54, 1.807) is 13.2 Å². The van der Waals surface area contributed by atoms with Crippen molar-refractivity contribution in [3.05, 3.63) is 28.2 Å². The molecule has 3 unspecified atom stereocenters. The van der Waals surface area contributed by atoms with Gasteiger partial charge in [0.1, 0.15) is 23.0 Å². The van der Waals surface area contributed by atoms with Crippen LogP contribution in [-0.4, -0.2) is 31.9 Å². The highest BCUT2D eigenvalue weighted by atomic mass is 35.5. The van der Waals surface area contributed by atoms with Gasteiger partial charge in [0.05, 0.1) is 5.02 Å². The summed E-state index contributed by atoms with van der Waals surface area (Å²) in [5.41, 5.74) is 0. The number of methoxy groups -OCH3 is 1. The molecule has 1 saturated carbocycles. The molecule has 0 aromatic heterocycles. The Balaban J connectivity index is 1.95. The minimum Gasteiger partial charge on any atom is -0.486 e. The molecule has 0 radical (unpaired) electrons. The molecule has 3 atom stereocenters. The molecule has 0 saturated heterocycles. The third-order valence-electron chi connectivity index (χ3n) is 3.37. The van der Waals surface area contributed by atoms with E-state index in [1.165, 1.54) is 0 Å². The molecule has 1 aliphatic rings. The van der Waals surface area contributed by atoms with E-state index in [0.29, 0.717) is 21.8 Å². The first-order valence-corrected chi connectivity index (χ1v) is 7.29. The summed E-state index contributed by atoms with van der Waals surface area (Å²) in [6.45, 7) is 3.14. The molecule has 1 N–H and O–H groups in total. The van der Waals surface area contributed by atoms with E-state index in [2.05, 4.69) is 12.2 Å². The molecule has 1 fully saturated rings. The molecule has 0 spiro atoms. The van der Waals surface area contributed by atoms with Crippen molar-refractivity contribution < 1.29 is 9.47 Å². The monoisotopic (exact) mass is 303 g/mol. The molecule has 3 nitrogen and oxygen atoms in total. The van der Waals surface area contributed by atoms with E-state index < -0.39 is 0 Å². The number of hydrogen-bond donors (Lipinski definition) is 1. The molecule has 2 rings (SSSR count). The average molecular weight is 304 g/mol. The second-order valence-electron chi connectivity index (χ2n) is 4.70. The van der Waals surface area contributed by atoms with Crippen LogP contribution in [0.5, 0.6) is 5.75 Å². The lowest BCUT2D eigenvalue weighted by Gasteiger charge is -2.43. The summed E-state index contributed by atoms with van der Waals surface area (Å²) in [5.74, 6) is 0.621. The van der Waals surface area contributed by atoms with Crippen LogP contribution in [0, 0.1) is 0 Å². The molecular formula is C14H19Cl2NO2. The van der Waals surface area contributed by atoms with Crippen LogP contribution >= 0.6 is 23.2 Å². The van der Waals surface area contributed by atoms with Gasteiger partial charge >= 0.3 is 0 Å². The SMILES string of the molecule is CCCNC1CC(Oc2cccc(Cl)c2Cl)C1OC. The van der Waals surface area contributed by atoms with Crippen LogP contribution in [0.2, 0.25) is 10.0 Å². The highest BCUT2D eigenvalue weighted by molar-refractivity contribution is 6.42. The number of hydrogen-bond acceptors (Lipinski definition) is 3. The van der Waals surface area contributed by atoms with Gasteiger partial charge in [0.15, 0.2) is 0 Å². The predicted octanol–water partition coefficient (Wildman–Crippen LogP) is 3.53. The van der Waals surface area contributed by atoms with Gasteiger partial charge in [-0.1, -0.05) is 36.2 Å². The van der Waals surface area contributed by atoms with Crippen LogP contribution < -0.4 is 10.1 Å². The summed E-state index contributed by atoms with van der Waals surface area (Å²) in [6, 6.07) is 5.76. The minimum absolute atomic E-state index is 0.0234. The molecule has 0 aliphatic heterocycles. The van der Waals surface area contributed by atoms with Gasteiger partial charge in [0.2, 0.25) is 0 Å². The Kier molecular flexibility index (Phi) is 5.34. The fourth-order valence-corrected chi connectivity index (χ4v) is 2.62. The largest absolute Gasteiger partial charge is 0.486 e. The number of halogens is 2. The van der Waals surface area contributed by atoms with Gasteiger partial charge < -0.3 is 14.8 Å². The first-order chi connectivity index (χ1) is 9.17. The maximum Gasteiger partial charge on any atom is 0.139 e. The average Bonchev–Trinajstić information content (AvgIpc) is 2.38. The Hall–Kier alpha value is -0.480. The lowest BCUT2D eigenvalue weighted by molar-refractivity contribution is -0.0886. The molecular weight excluding hydrogens is 285 g/mol. The zero-order valence-electron chi connectivity index (χ0n) is 11.2. The number of benzene rings is 1. The highest BCUT2D eigenvalue weighted by Gasteiger charge is 2.43. The topological polar surface area (TPSA) is 30.5 Å². The zero-order chi connectivity index (χ0) is 13.8. The van der Waals surface area contributed by atoms with Crippen LogP contribution in [0.1, 0.15) is 19.8 Å². The molecule has 106 valence electrons. The molecule has 0 bridgehead atoms. The van der Waals surface area contributed by atoms with Crippen LogP contribution in [-0.2, 0) is 4.74 Å². The lowest BCUT2D eigenvalue weighted by Crippen LogP contribution is -2.61. The smallest absolute Gasteiger partial charge is 0.139 e. The van der Waals surface area contributed by atoms with E-state index in [4.69, 9.17) is 32.7 Å². The van der Waals surface area contributed by atoms with Gasteiger partial charge in [0.25, 0.3) is 0 Å². The van der Waals surface area contributed by atoms with Crippen molar-refractivity contribution in [1.29, 1.82) is 0 Å². The molecule has 1 aliphatic carbocycles.